The number of fused-ring (bicyclic) bond motifs is 1. The zero-order valence-corrected chi connectivity index (χ0v) is 21.6. The van der Waals surface area contributed by atoms with E-state index in [2.05, 4.69) is 62.2 Å². The van der Waals surface area contributed by atoms with Crippen molar-refractivity contribution in [2.45, 2.75) is 25.3 Å². The Labute approximate surface area is 215 Å². The molecule has 3 aromatic rings. The van der Waals surface area contributed by atoms with Crippen molar-refractivity contribution >= 4 is 61.2 Å². The Hall–Kier alpha value is -2.21. The van der Waals surface area contributed by atoms with Gasteiger partial charge >= 0.3 is 0 Å². The molecule has 1 amide bonds. The quantitative estimate of drug-likeness (QED) is 0.305. The van der Waals surface area contributed by atoms with Crippen LogP contribution in [0.1, 0.15) is 46.8 Å². The number of carbonyl (C=O) groups excluding carboxylic acids is 1. The van der Waals surface area contributed by atoms with Crippen LogP contribution in [0.3, 0.4) is 0 Å². The Balaban J connectivity index is 1.59. The van der Waals surface area contributed by atoms with E-state index in [1.807, 2.05) is 36.4 Å². The number of hydrogen-bond donors (Lipinski definition) is 0. The Kier molecular flexibility index (Phi) is 6.55. The number of amides is 1. The Bertz CT molecular complexity index is 1250. The van der Waals surface area contributed by atoms with Crippen molar-refractivity contribution in [1.29, 1.82) is 0 Å². The first-order valence-corrected chi connectivity index (χ1v) is 12.9. The zero-order valence-electron chi connectivity index (χ0n) is 17.7. The number of halogens is 3. The second-order valence-electron chi connectivity index (χ2n) is 8.33. The average molecular weight is 585 g/mol. The molecular weight excluding hydrogens is 564 g/mol. The van der Waals surface area contributed by atoms with E-state index in [1.165, 1.54) is 5.57 Å². The third-order valence-electron chi connectivity index (χ3n) is 6.24. The SMILES string of the molecule is O=C(c1ccccc1Cl)N1N=C2/C(=C/c3ccc(Br)cc3)CCCC2C1c1ccc(Br)cc1. The standard InChI is InChI=1S/C27H21Br2ClN2O/c28-20-12-8-17(9-13-20)16-19-4-3-6-23-25(19)31-32(26(23)18-10-14-21(29)15-11-18)27(33)22-5-1-2-7-24(22)30/h1-2,5,7-16,23,26H,3-4,6H2/b19-16+. The fourth-order valence-corrected chi connectivity index (χ4v) is 5.42. The maximum atomic E-state index is 13.7. The predicted molar refractivity (Wildman–Crippen MR) is 141 cm³/mol. The summed E-state index contributed by atoms with van der Waals surface area (Å²) >= 11 is 13.4. The van der Waals surface area contributed by atoms with E-state index in [9.17, 15) is 4.79 Å². The van der Waals surface area contributed by atoms with Crippen molar-refractivity contribution in [1.82, 2.24) is 5.01 Å². The lowest BCUT2D eigenvalue weighted by atomic mass is 9.77. The zero-order chi connectivity index (χ0) is 22.9. The van der Waals surface area contributed by atoms with E-state index in [0.29, 0.717) is 10.6 Å². The first-order chi connectivity index (χ1) is 16.0. The van der Waals surface area contributed by atoms with Crippen molar-refractivity contribution in [3.63, 3.8) is 0 Å². The molecule has 2 aliphatic rings. The van der Waals surface area contributed by atoms with Crippen LogP contribution in [0.2, 0.25) is 5.02 Å². The number of hydrogen-bond acceptors (Lipinski definition) is 2. The van der Waals surface area contributed by atoms with E-state index in [4.69, 9.17) is 16.7 Å². The molecule has 5 rings (SSSR count). The fourth-order valence-electron chi connectivity index (χ4n) is 4.68. The van der Waals surface area contributed by atoms with Crippen molar-refractivity contribution in [3.8, 4) is 0 Å². The molecule has 0 N–H and O–H groups in total. The first kappa shape index (κ1) is 22.6. The molecule has 1 heterocycles. The van der Waals surface area contributed by atoms with Crippen molar-refractivity contribution in [2.75, 3.05) is 0 Å². The van der Waals surface area contributed by atoms with Crippen LogP contribution in [-0.2, 0) is 0 Å². The van der Waals surface area contributed by atoms with Crippen LogP contribution in [0, 0.1) is 5.92 Å². The first-order valence-electron chi connectivity index (χ1n) is 10.9. The van der Waals surface area contributed by atoms with Gasteiger partial charge in [-0.15, -0.1) is 0 Å². The summed E-state index contributed by atoms with van der Waals surface area (Å²) in [6.45, 7) is 0. The molecule has 1 fully saturated rings. The number of rotatable bonds is 3. The number of benzene rings is 3. The third kappa shape index (κ3) is 4.59. The molecule has 6 heteroatoms. The van der Waals surface area contributed by atoms with Gasteiger partial charge in [0.05, 0.1) is 22.3 Å². The van der Waals surface area contributed by atoms with Gasteiger partial charge in [-0.05, 0) is 78.4 Å². The maximum Gasteiger partial charge on any atom is 0.276 e. The number of carbonyl (C=O) groups is 1. The largest absolute Gasteiger partial charge is 0.276 e. The van der Waals surface area contributed by atoms with Gasteiger partial charge in [0.15, 0.2) is 0 Å². The molecule has 2 atom stereocenters. The summed E-state index contributed by atoms with van der Waals surface area (Å²) in [5, 5.41) is 7.06. The Morgan fingerprint density at radius 2 is 1.64 bits per heavy atom. The molecule has 0 spiro atoms. The molecule has 166 valence electrons. The lowest BCUT2D eigenvalue weighted by molar-refractivity contribution is 0.0681. The molecule has 1 aliphatic carbocycles. The predicted octanol–water partition coefficient (Wildman–Crippen LogP) is 8.30. The minimum atomic E-state index is -0.168. The number of allylic oxidation sites excluding steroid dienone is 1. The van der Waals surface area contributed by atoms with Gasteiger partial charge in [-0.3, -0.25) is 4.79 Å². The van der Waals surface area contributed by atoms with Crippen LogP contribution in [0.5, 0.6) is 0 Å². The van der Waals surface area contributed by atoms with E-state index in [-0.39, 0.29) is 17.9 Å². The average Bonchev–Trinajstić information content (AvgIpc) is 3.22. The summed E-state index contributed by atoms with van der Waals surface area (Å²) in [6, 6.07) is 23.5. The van der Waals surface area contributed by atoms with Gasteiger partial charge < -0.3 is 0 Å². The molecular formula is C27H21Br2ClN2O. The van der Waals surface area contributed by atoms with Crippen LogP contribution in [0.25, 0.3) is 6.08 Å². The molecule has 0 bridgehead atoms. The monoisotopic (exact) mass is 582 g/mol. The smallest absolute Gasteiger partial charge is 0.267 e. The van der Waals surface area contributed by atoms with Crippen molar-refractivity contribution in [2.24, 2.45) is 11.0 Å². The maximum absolute atomic E-state index is 13.7. The number of hydrazone groups is 1. The topological polar surface area (TPSA) is 32.7 Å². The highest BCUT2D eigenvalue weighted by Crippen LogP contribution is 2.45. The van der Waals surface area contributed by atoms with Crippen molar-refractivity contribution < 1.29 is 4.79 Å². The van der Waals surface area contributed by atoms with Gasteiger partial charge in [-0.25, -0.2) is 5.01 Å². The minimum absolute atomic E-state index is 0.146. The van der Waals surface area contributed by atoms with E-state index < -0.39 is 0 Å². The van der Waals surface area contributed by atoms with Crippen LogP contribution in [0.4, 0.5) is 0 Å². The normalized spacial score (nSPS) is 21.1. The van der Waals surface area contributed by atoms with Gasteiger partial charge in [-0.2, -0.15) is 5.10 Å². The lowest BCUT2D eigenvalue weighted by Crippen LogP contribution is -2.32. The molecule has 1 aliphatic heterocycles. The van der Waals surface area contributed by atoms with Gasteiger partial charge in [0.1, 0.15) is 0 Å². The molecule has 0 radical (unpaired) electrons. The fraction of sp³-hybridized carbons (Fsp3) is 0.185. The Morgan fingerprint density at radius 1 is 0.970 bits per heavy atom. The van der Waals surface area contributed by atoms with Crippen LogP contribution in [0.15, 0.2) is 92.4 Å². The highest BCUT2D eigenvalue weighted by atomic mass is 79.9. The second kappa shape index (κ2) is 9.57. The molecule has 3 nitrogen and oxygen atoms in total. The third-order valence-corrected chi connectivity index (χ3v) is 7.62. The van der Waals surface area contributed by atoms with Crippen molar-refractivity contribution in [3.05, 3.63) is 109 Å². The summed E-state index contributed by atoms with van der Waals surface area (Å²) in [4.78, 5) is 13.7. The van der Waals surface area contributed by atoms with Gasteiger partial charge in [0, 0.05) is 14.9 Å². The van der Waals surface area contributed by atoms with Gasteiger partial charge in [-0.1, -0.05) is 79.9 Å². The lowest BCUT2D eigenvalue weighted by Gasteiger charge is -2.30. The molecule has 1 saturated carbocycles. The molecule has 2 unspecified atom stereocenters. The highest BCUT2D eigenvalue weighted by molar-refractivity contribution is 9.10. The number of nitrogens with zero attached hydrogens (tertiary/aromatic N) is 2. The van der Waals surface area contributed by atoms with E-state index in [0.717, 1.165) is 45.0 Å². The summed E-state index contributed by atoms with van der Waals surface area (Å²) in [5.74, 6) is -0.0218. The second-order valence-corrected chi connectivity index (χ2v) is 10.6. The van der Waals surface area contributed by atoms with Crippen LogP contribution in [-0.4, -0.2) is 16.6 Å². The Morgan fingerprint density at radius 3 is 2.33 bits per heavy atom. The minimum Gasteiger partial charge on any atom is -0.267 e. The van der Waals surface area contributed by atoms with Crippen LogP contribution >= 0.6 is 43.5 Å². The molecule has 3 aromatic carbocycles. The summed E-state index contributed by atoms with van der Waals surface area (Å²) < 4.78 is 2.06. The molecule has 33 heavy (non-hydrogen) atoms. The van der Waals surface area contributed by atoms with E-state index >= 15 is 0 Å². The summed E-state index contributed by atoms with van der Waals surface area (Å²) in [7, 11) is 0. The highest BCUT2D eigenvalue weighted by Gasteiger charge is 2.44. The van der Waals surface area contributed by atoms with Gasteiger partial charge in [0.2, 0.25) is 0 Å². The summed E-state index contributed by atoms with van der Waals surface area (Å²) in [5.41, 5.74) is 4.89. The molecule has 0 saturated heterocycles. The molecule has 0 aromatic heterocycles. The summed E-state index contributed by atoms with van der Waals surface area (Å²) in [6.07, 6.45) is 5.21. The van der Waals surface area contributed by atoms with Gasteiger partial charge in [0.25, 0.3) is 5.91 Å². The van der Waals surface area contributed by atoms with E-state index in [1.54, 1.807) is 17.1 Å². The van der Waals surface area contributed by atoms with Crippen LogP contribution < -0.4 is 0 Å².